The standard InChI is InChI=1S/C14H10N2O2/c17-14(18)10-4-7-16-8-5-11(13(16)9-10)12-3-1-2-6-15-12/h1-9H,(H,17,18). The van der Waals surface area contributed by atoms with Gasteiger partial charge in [-0.3, -0.25) is 4.98 Å². The number of carboxylic acid groups (broad SMARTS) is 1. The highest BCUT2D eigenvalue weighted by Crippen LogP contribution is 2.24. The number of carboxylic acids is 1. The number of nitrogens with zero attached hydrogens (tertiary/aromatic N) is 2. The molecular formula is C14H10N2O2. The molecule has 0 aromatic carbocycles. The van der Waals surface area contributed by atoms with E-state index in [9.17, 15) is 4.79 Å². The first-order valence-corrected chi connectivity index (χ1v) is 5.51. The van der Waals surface area contributed by atoms with Crippen molar-refractivity contribution in [1.82, 2.24) is 9.38 Å². The van der Waals surface area contributed by atoms with Crippen LogP contribution >= 0.6 is 0 Å². The molecule has 88 valence electrons. The van der Waals surface area contributed by atoms with E-state index in [1.807, 2.05) is 34.9 Å². The summed E-state index contributed by atoms with van der Waals surface area (Å²) in [6, 6.07) is 10.8. The summed E-state index contributed by atoms with van der Waals surface area (Å²) in [5, 5.41) is 9.02. The fourth-order valence-electron chi connectivity index (χ4n) is 1.97. The molecular weight excluding hydrogens is 228 g/mol. The van der Waals surface area contributed by atoms with E-state index in [4.69, 9.17) is 5.11 Å². The van der Waals surface area contributed by atoms with Crippen LogP contribution in [0.15, 0.2) is 55.0 Å². The van der Waals surface area contributed by atoms with Crippen LogP contribution in [0.2, 0.25) is 0 Å². The first-order chi connectivity index (χ1) is 8.75. The highest BCUT2D eigenvalue weighted by atomic mass is 16.4. The van der Waals surface area contributed by atoms with Gasteiger partial charge in [-0.2, -0.15) is 0 Å². The maximum Gasteiger partial charge on any atom is 0.335 e. The molecule has 0 aliphatic heterocycles. The normalized spacial score (nSPS) is 10.7. The van der Waals surface area contributed by atoms with Crippen LogP contribution < -0.4 is 0 Å². The van der Waals surface area contributed by atoms with Gasteiger partial charge in [0.2, 0.25) is 0 Å². The van der Waals surface area contributed by atoms with Crippen molar-refractivity contribution in [3.63, 3.8) is 0 Å². The first kappa shape index (κ1) is 10.5. The predicted octanol–water partition coefficient (Wildman–Crippen LogP) is 2.70. The van der Waals surface area contributed by atoms with E-state index in [-0.39, 0.29) is 5.56 Å². The molecule has 4 heteroatoms. The maximum absolute atomic E-state index is 11.0. The summed E-state index contributed by atoms with van der Waals surface area (Å²) in [5.41, 5.74) is 2.88. The van der Waals surface area contributed by atoms with Gasteiger partial charge in [-0.15, -0.1) is 0 Å². The van der Waals surface area contributed by atoms with E-state index in [2.05, 4.69) is 4.98 Å². The second-order valence-corrected chi connectivity index (χ2v) is 3.96. The van der Waals surface area contributed by atoms with Crippen molar-refractivity contribution in [2.75, 3.05) is 0 Å². The molecule has 4 nitrogen and oxygen atoms in total. The Morgan fingerprint density at radius 2 is 2.00 bits per heavy atom. The molecule has 0 radical (unpaired) electrons. The van der Waals surface area contributed by atoms with Crippen LogP contribution in [0.4, 0.5) is 0 Å². The number of aromatic carboxylic acids is 1. The third-order valence-electron chi connectivity index (χ3n) is 2.85. The number of hydrogen-bond acceptors (Lipinski definition) is 2. The molecule has 0 atom stereocenters. The van der Waals surface area contributed by atoms with Crippen LogP contribution in [0.25, 0.3) is 16.8 Å². The van der Waals surface area contributed by atoms with Gasteiger partial charge in [-0.05, 0) is 30.3 Å². The molecule has 3 heterocycles. The maximum atomic E-state index is 11.0. The van der Waals surface area contributed by atoms with Gasteiger partial charge in [-0.25, -0.2) is 4.79 Å². The fourth-order valence-corrected chi connectivity index (χ4v) is 1.97. The SMILES string of the molecule is O=C(O)c1ccn2ccc(-c3ccccn3)c2c1. The lowest BCUT2D eigenvalue weighted by Crippen LogP contribution is -1.97. The Kier molecular flexibility index (Phi) is 2.34. The highest BCUT2D eigenvalue weighted by molar-refractivity contribution is 5.91. The smallest absolute Gasteiger partial charge is 0.335 e. The molecule has 0 spiro atoms. The van der Waals surface area contributed by atoms with Crippen LogP contribution in [0.5, 0.6) is 0 Å². The molecule has 18 heavy (non-hydrogen) atoms. The zero-order valence-corrected chi connectivity index (χ0v) is 9.45. The molecule has 0 aliphatic rings. The number of rotatable bonds is 2. The summed E-state index contributed by atoms with van der Waals surface area (Å²) in [5.74, 6) is -0.925. The molecule has 3 aromatic rings. The predicted molar refractivity (Wildman–Crippen MR) is 67.6 cm³/mol. The van der Waals surface area contributed by atoms with Crippen molar-refractivity contribution in [3.8, 4) is 11.3 Å². The molecule has 0 aliphatic carbocycles. The fraction of sp³-hybridized carbons (Fsp3) is 0. The van der Waals surface area contributed by atoms with Crippen molar-refractivity contribution in [2.24, 2.45) is 0 Å². The molecule has 1 N–H and O–H groups in total. The summed E-state index contributed by atoms with van der Waals surface area (Å²) >= 11 is 0. The van der Waals surface area contributed by atoms with E-state index in [0.717, 1.165) is 16.8 Å². The Balaban J connectivity index is 2.24. The quantitative estimate of drug-likeness (QED) is 0.746. The average molecular weight is 238 g/mol. The number of fused-ring (bicyclic) bond motifs is 1. The minimum absolute atomic E-state index is 0.276. The Bertz CT molecular complexity index is 717. The summed E-state index contributed by atoms with van der Waals surface area (Å²) in [7, 11) is 0. The zero-order chi connectivity index (χ0) is 12.5. The molecule has 0 unspecified atom stereocenters. The summed E-state index contributed by atoms with van der Waals surface area (Å²) < 4.78 is 1.89. The van der Waals surface area contributed by atoms with Crippen LogP contribution in [0.1, 0.15) is 10.4 Å². The monoisotopic (exact) mass is 238 g/mol. The van der Waals surface area contributed by atoms with Crippen LogP contribution in [-0.2, 0) is 0 Å². The van der Waals surface area contributed by atoms with Crippen molar-refractivity contribution >= 4 is 11.5 Å². The zero-order valence-electron chi connectivity index (χ0n) is 9.45. The lowest BCUT2D eigenvalue weighted by molar-refractivity contribution is 0.0697. The lowest BCUT2D eigenvalue weighted by Gasteiger charge is -2.01. The van der Waals surface area contributed by atoms with Gasteiger partial charge in [0.25, 0.3) is 0 Å². The van der Waals surface area contributed by atoms with Gasteiger partial charge in [0, 0.05) is 24.2 Å². The molecule has 0 amide bonds. The number of carbonyl (C=O) groups is 1. The third kappa shape index (κ3) is 1.64. The molecule has 0 fully saturated rings. The minimum Gasteiger partial charge on any atom is -0.478 e. The van der Waals surface area contributed by atoms with Crippen molar-refractivity contribution in [2.45, 2.75) is 0 Å². The topological polar surface area (TPSA) is 54.6 Å². The van der Waals surface area contributed by atoms with Gasteiger partial charge < -0.3 is 9.51 Å². The van der Waals surface area contributed by atoms with Crippen molar-refractivity contribution < 1.29 is 9.90 Å². The van der Waals surface area contributed by atoms with Crippen LogP contribution in [0, 0.1) is 0 Å². The van der Waals surface area contributed by atoms with Gasteiger partial charge in [0.05, 0.1) is 16.8 Å². The van der Waals surface area contributed by atoms with Gasteiger partial charge in [0.1, 0.15) is 0 Å². The van der Waals surface area contributed by atoms with Gasteiger partial charge in [0.15, 0.2) is 0 Å². The van der Waals surface area contributed by atoms with E-state index >= 15 is 0 Å². The largest absolute Gasteiger partial charge is 0.478 e. The summed E-state index contributed by atoms with van der Waals surface area (Å²) in [4.78, 5) is 15.3. The molecule has 0 bridgehead atoms. The average Bonchev–Trinajstić information content (AvgIpc) is 2.82. The lowest BCUT2D eigenvalue weighted by atomic mass is 10.1. The van der Waals surface area contributed by atoms with E-state index < -0.39 is 5.97 Å². The molecule has 0 saturated carbocycles. The van der Waals surface area contributed by atoms with Crippen molar-refractivity contribution in [3.05, 3.63) is 60.6 Å². The van der Waals surface area contributed by atoms with Gasteiger partial charge in [-0.1, -0.05) is 6.07 Å². The number of pyridine rings is 2. The first-order valence-electron chi connectivity index (χ1n) is 5.51. The second kappa shape index (κ2) is 4.00. The molecule has 3 rings (SSSR count). The van der Waals surface area contributed by atoms with Gasteiger partial charge >= 0.3 is 5.97 Å². The van der Waals surface area contributed by atoms with Crippen molar-refractivity contribution in [1.29, 1.82) is 0 Å². The Morgan fingerprint density at radius 1 is 1.17 bits per heavy atom. The summed E-state index contributed by atoms with van der Waals surface area (Å²) in [6.07, 6.45) is 5.36. The highest BCUT2D eigenvalue weighted by Gasteiger charge is 2.09. The number of hydrogen-bond donors (Lipinski definition) is 1. The summed E-state index contributed by atoms with van der Waals surface area (Å²) in [6.45, 7) is 0. The van der Waals surface area contributed by atoms with E-state index in [1.54, 1.807) is 24.5 Å². The van der Waals surface area contributed by atoms with Crippen LogP contribution in [-0.4, -0.2) is 20.5 Å². The Hall–Kier alpha value is -2.62. The van der Waals surface area contributed by atoms with Crippen LogP contribution in [0.3, 0.4) is 0 Å². The van der Waals surface area contributed by atoms with E-state index in [1.165, 1.54) is 0 Å². The Labute approximate surface area is 103 Å². The Morgan fingerprint density at radius 3 is 2.72 bits per heavy atom. The van der Waals surface area contributed by atoms with E-state index in [0.29, 0.717) is 0 Å². The third-order valence-corrected chi connectivity index (χ3v) is 2.85. The molecule has 0 saturated heterocycles. The molecule has 3 aromatic heterocycles. The minimum atomic E-state index is -0.925. The number of aromatic nitrogens is 2. The second-order valence-electron chi connectivity index (χ2n) is 3.96.